The summed E-state index contributed by atoms with van der Waals surface area (Å²) in [5, 5.41) is 1.19. The molecule has 8 nitrogen and oxygen atoms in total. The van der Waals surface area contributed by atoms with E-state index < -0.39 is 12.1 Å². The lowest BCUT2D eigenvalue weighted by molar-refractivity contribution is -0.133. The smallest absolute Gasteiger partial charge is 0.326 e. The van der Waals surface area contributed by atoms with Gasteiger partial charge in [0.05, 0.1) is 24.8 Å². The summed E-state index contributed by atoms with van der Waals surface area (Å²) in [5.41, 5.74) is 2.38. The second kappa shape index (κ2) is 12.0. The lowest BCUT2D eigenvalue weighted by Crippen LogP contribution is -2.55. The summed E-state index contributed by atoms with van der Waals surface area (Å²) in [5.74, 6) is 1.48. The van der Waals surface area contributed by atoms with Gasteiger partial charge in [0, 0.05) is 36.2 Å². The fourth-order valence-electron chi connectivity index (χ4n) is 5.09. The second-order valence-corrected chi connectivity index (χ2v) is 11.2. The molecule has 5 rings (SSSR count). The molecule has 0 bridgehead atoms. The van der Waals surface area contributed by atoms with Crippen molar-refractivity contribution in [2.24, 2.45) is 4.99 Å². The minimum Gasteiger partial charge on any atom is -0.497 e. The van der Waals surface area contributed by atoms with Crippen LogP contribution >= 0.6 is 23.2 Å². The number of piperazine rings is 1. The standard InChI is InChI=1S/C31H32Cl2N4O4/c1-19(2)41-26-17-24(40-4)13-14-25(26)30-34-28(20-5-9-22(32)10-6-20)29(21-7-11-23(33)12-8-21)37(30)31(39)36-16-15-35(3)27(38)18-36/h5-14,17,19,28-29H,15-16,18H2,1-4H3. The molecule has 2 unspecified atom stereocenters. The van der Waals surface area contributed by atoms with Crippen LogP contribution in [0, 0.1) is 0 Å². The Morgan fingerprint density at radius 3 is 2.17 bits per heavy atom. The molecule has 2 aliphatic rings. The van der Waals surface area contributed by atoms with Crippen molar-refractivity contribution in [3.63, 3.8) is 0 Å². The summed E-state index contributed by atoms with van der Waals surface area (Å²) in [4.78, 5) is 37.2. The zero-order valence-electron chi connectivity index (χ0n) is 23.4. The van der Waals surface area contributed by atoms with Crippen LogP contribution in [0.1, 0.15) is 42.6 Å². The molecular formula is C31H32Cl2N4O4. The Kier molecular flexibility index (Phi) is 8.42. The van der Waals surface area contributed by atoms with Crippen molar-refractivity contribution in [1.82, 2.24) is 14.7 Å². The van der Waals surface area contributed by atoms with Crippen molar-refractivity contribution in [2.45, 2.75) is 32.0 Å². The van der Waals surface area contributed by atoms with E-state index >= 15 is 0 Å². The number of ether oxygens (including phenoxy) is 2. The average Bonchev–Trinajstić information content (AvgIpc) is 3.34. The number of rotatable bonds is 6. The van der Waals surface area contributed by atoms with Gasteiger partial charge in [-0.25, -0.2) is 4.79 Å². The molecule has 10 heteroatoms. The normalized spacial score (nSPS) is 19.0. The van der Waals surface area contributed by atoms with E-state index in [0.29, 0.717) is 46.0 Å². The quantitative estimate of drug-likeness (QED) is 0.339. The number of amidine groups is 1. The summed E-state index contributed by atoms with van der Waals surface area (Å²) in [7, 11) is 3.33. The Hall–Kier alpha value is -3.75. The highest BCUT2D eigenvalue weighted by Gasteiger charge is 2.45. The first kappa shape index (κ1) is 28.8. The number of urea groups is 1. The molecule has 1 fully saturated rings. The first-order valence-electron chi connectivity index (χ1n) is 13.4. The van der Waals surface area contributed by atoms with E-state index in [-0.39, 0.29) is 24.6 Å². The zero-order valence-corrected chi connectivity index (χ0v) is 24.9. The van der Waals surface area contributed by atoms with E-state index in [1.54, 1.807) is 47.1 Å². The molecule has 0 radical (unpaired) electrons. The Balaban J connectivity index is 1.70. The van der Waals surface area contributed by atoms with Crippen LogP contribution in [-0.4, -0.2) is 72.4 Å². The van der Waals surface area contributed by atoms with Crippen molar-refractivity contribution in [1.29, 1.82) is 0 Å². The number of nitrogens with zero attached hydrogens (tertiary/aromatic N) is 4. The zero-order chi connectivity index (χ0) is 29.3. The van der Waals surface area contributed by atoms with E-state index in [4.69, 9.17) is 37.7 Å². The van der Waals surface area contributed by atoms with E-state index in [1.165, 1.54) is 0 Å². The number of carbonyl (C=O) groups excluding carboxylic acids is 2. The largest absolute Gasteiger partial charge is 0.497 e. The minimum absolute atomic E-state index is 0.0178. The highest BCUT2D eigenvalue weighted by Crippen LogP contribution is 2.46. The van der Waals surface area contributed by atoms with Crippen molar-refractivity contribution < 1.29 is 19.1 Å². The van der Waals surface area contributed by atoms with Crippen molar-refractivity contribution in [3.05, 3.63) is 93.5 Å². The predicted molar refractivity (Wildman–Crippen MR) is 160 cm³/mol. The Morgan fingerprint density at radius 2 is 1.59 bits per heavy atom. The number of carbonyl (C=O) groups is 2. The summed E-state index contributed by atoms with van der Waals surface area (Å²) in [6.07, 6.45) is -0.138. The number of likely N-dealkylation sites (N-methyl/N-ethyl adjacent to an activating group) is 1. The van der Waals surface area contributed by atoms with Gasteiger partial charge < -0.3 is 19.3 Å². The van der Waals surface area contributed by atoms with Crippen LogP contribution in [0.4, 0.5) is 4.79 Å². The molecule has 0 aromatic heterocycles. The summed E-state index contributed by atoms with van der Waals surface area (Å²) < 4.78 is 11.7. The molecule has 3 aromatic carbocycles. The first-order valence-corrected chi connectivity index (χ1v) is 14.2. The molecule has 3 aromatic rings. The fraction of sp³-hybridized carbons (Fsp3) is 0.323. The number of benzene rings is 3. The van der Waals surface area contributed by atoms with Crippen LogP contribution in [0.2, 0.25) is 10.0 Å². The highest BCUT2D eigenvalue weighted by molar-refractivity contribution is 6.30. The van der Waals surface area contributed by atoms with Crippen LogP contribution in [0.5, 0.6) is 11.5 Å². The van der Waals surface area contributed by atoms with Gasteiger partial charge in [-0.05, 0) is 61.4 Å². The molecule has 2 heterocycles. The number of halogens is 2. The predicted octanol–water partition coefficient (Wildman–Crippen LogP) is 6.23. The number of amides is 3. The number of hydrogen-bond acceptors (Lipinski definition) is 5. The summed E-state index contributed by atoms with van der Waals surface area (Å²) >= 11 is 12.5. The maximum Gasteiger partial charge on any atom is 0.326 e. The molecule has 0 spiro atoms. The monoisotopic (exact) mass is 594 g/mol. The maximum atomic E-state index is 14.5. The van der Waals surface area contributed by atoms with Gasteiger partial charge in [0.2, 0.25) is 5.91 Å². The van der Waals surface area contributed by atoms with E-state index in [2.05, 4.69) is 0 Å². The molecule has 3 amide bonds. The second-order valence-electron chi connectivity index (χ2n) is 10.4. The van der Waals surface area contributed by atoms with Gasteiger partial charge in [0.25, 0.3) is 0 Å². The first-order chi connectivity index (χ1) is 19.7. The fourth-order valence-corrected chi connectivity index (χ4v) is 5.35. The Labute approximate surface area is 250 Å². The molecule has 0 aliphatic carbocycles. The van der Waals surface area contributed by atoms with Crippen LogP contribution in [-0.2, 0) is 4.79 Å². The number of methoxy groups -OCH3 is 1. The van der Waals surface area contributed by atoms with E-state index in [0.717, 1.165) is 11.1 Å². The molecule has 214 valence electrons. The van der Waals surface area contributed by atoms with Gasteiger partial charge >= 0.3 is 6.03 Å². The SMILES string of the molecule is COc1ccc(C2=NC(c3ccc(Cl)cc3)C(c3ccc(Cl)cc3)N2C(=O)N2CCN(C)C(=O)C2)c(OC(C)C)c1. The molecule has 2 aliphatic heterocycles. The van der Waals surface area contributed by atoms with Gasteiger partial charge in [-0.1, -0.05) is 47.5 Å². The van der Waals surface area contributed by atoms with Crippen molar-refractivity contribution in [3.8, 4) is 11.5 Å². The third-order valence-electron chi connectivity index (χ3n) is 7.22. The number of hydrogen-bond donors (Lipinski definition) is 0. The van der Waals surface area contributed by atoms with E-state index in [9.17, 15) is 9.59 Å². The van der Waals surface area contributed by atoms with Gasteiger partial charge in [0.1, 0.15) is 29.9 Å². The molecule has 2 atom stereocenters. The maximum absolute atomic E-state index is 14.5. The molecule has 1 saturated heterocycles. The van der Waals surface area contributed by atoms with E-state index in [1.807, 2.05) is 62.4 Å². The summed E-state index contributed by atoms with van der Waals surface area (Å²) in [6.45, 7) is 4.70. The molecule has 41 heavy (non-hydrogen) atoms. The summed E-state index contributed by atoms with van der Waals surface area (Å²) in [6, 6.07) is 19.1. The molecule has 0 saturated carbocycles. The van der Waals surface area contributed by atoms with Crippen LogP contribution in [0.3, 0.4) is 0 Å². The third-order valence-corrected chi connectivity index (χ3v) is 7.72. The Morgan fingerprint density at radius 1 is 0.951 bits per heavy atom. The van der Waals surface area contributed by atoms with Gasteiger partial charge in [-0.15, -0.1) is 0 Å². The minimum atomic E-state index is -0.528. The van der Waals surface area contributed by atoms with Crippen molar-refractivity contribution >= 4 is 41.0 Å². The average molecular weight is 596 g/mol. The van der Waals surface area contributed by atoms with Crippen LogP contribution < -0.4 is 9.47 Å². The van der Waals surface area contributed by atoms with Gasteiger partial charge in [-0.3, -0.25) is 14.7 Å². The van der Waals surface area contributed by atoms with Gasteiger partial charge in [-0.2, -0.15) is 0 Å². The third kappa shape index (κ3) is 5.99. The lowest BCUT2D eigenvalue weighted by atomic mass is 9.93. The highest BCUT2D eigenvalue weighted by atomic mass is 35.5. The topological polar surface area (TPSA) is 74.7 Å². The van der Waals surface area contributed by atoms with Crippen molar-refractivity contribution in [2.75, 3.05) is 33.8 Å². The van der Waals surface area contributed by atoms with Crippen LogP contribution in [0.15, 0.2) is 71.7 Å². The molecule has 0 N–H and O–H groups in total. The number of aliphatic imine (C=N–C) groups is 1. The lowest BCUT2D eigenvalue weighted by Gasteiger charge is -2.37. The Bertz CT molecular complexity index is 1460. The molecular weight excluding hydrogens is 563 g/mol. The van der Waals surface area contributed by atoms with Crippen LogP contribution in [0.25, 0.3) is 0 Å². The van der Waals surface area contributed by atoms with Gasteiger partial charge in [0.15, 0.2) is 0 Å².